The molecule has 0 saturated carbocycles. The van der Waals surface area contributed by atoms with Crippen LogP contribution in [-0.2, 0) is 20.2 Å². The van der Waals surface area contributed by atoms with E-state index < -0.39 is 12.4 Å². The Morgan fingerprint density at radius 2 is 1.92 bits per heavy atom. The molecular formula is C28H25ClF3N5O2. The van der Waals surface area contributed by atoms with Gasteiger partial charge in [-0.15, -0.1) is 0 Å². The van der Waals surface area contributed by atoms with Gasteiger partial charge in [0.1, 0.15) is 29.5 Å². The topological polar surface area (TPSA) is 56.8 Å². The third-order valence-corrected chi connectivity index (χ3v) is 7.12. The molecule has 7 nitrogen and oxygen atoms in total. The molecule has 2 aromatic carbocycles. The van der Waals surface area contributed by atoms with Crippen molar-refractivity contribution in [2.75, 3.05) is 13.1 Å². The Kier molecular flexibility index (Phi) is 7.91. The van der Waals surface area contributed by atoms with Gasteiger partial charge in [0.2, 0.25) is 5.88 Å². The number of nitrogens with zero attached hydrogens (tertiary/aromatic N) is 5. The molecular weight excluding hydrogens is 531 g/mol. The van der Waals surface area contributed by atoms with Gasteiger partial charge in [0.05, 0.1) is 18.6 Å². The fourth-order valence-electron chi connectivity index (χ4n) is 4.80. The SMILES string of the molecule is [C-]#[N+]c1cc(OC(F)F)c2nc(CN3CCC(c4cccc(OCc5ccc(Cl)cc5F)n4)CC3)n(C)c2c1. The average Bonchev–Trinajstić information content (AvgIpc) is 3.23. The zero-order valence-corrected chi connectivity index (χ0v) is 21.8. The summed E-state index contributed by atoms with van der Waals surface area (Å²) in [7, 11) is 1.81. The van der Waals surface area contributed by atoms with Crippen LogP contribution in [0, 0.1) is 12.4 Å². The van der Waals surface area contributed by atoms with Gasteiger partial charge in [-0.3, -0.25) is 4.90 Å². The zero-order chi connectivity index (χ0) is 27.5. The van der Waals surface area contributed by atoms with Crippen LogP contribution in [0.2, 0.25) is 5.02 Å². The fraction of sp³-hybridized carbons (Fsp3) is 0.321. The summed E-state index contributed by atoms with van der Waals surface area (Å²) in [6, 6.07) is 13.0. The normalized spacial score (nSPS) is 14.6. The van der Waals surface area contributed by atoms with E-state index in [1.54, 1.807) is 24.3 Å². The molecule has 0 amide bonds. The van der Waals surface area contributed by atoms with Gasteiger partial charge in [-0.1, -0.05) is 23.7 Å². The molecule has 11 heteroatoms. The van der Waals surface area contributed by atoms with Crippen molar-refractivity contribution in [1.82, 2.24) is 19.4 Å². The third kappa shape index (κ3) is 6.10. The maximum Gasteiger partial charge on any atom is 0.387 e. The number of aryl methyl sites for hydroxylation is 1. The van der Waals surface area contributed by atoms with Gasteiger partial charge in [-0.2, -0.15) is 8.78 Å². The number of halogens is 4. The molecule has 0 atom stereocenters. The maximum atomic E-state index is 14.1. The minimum Gasteiger partial charge on any atom is -0.473 e. The summed E-state index contributed by atoms with van der Waals surface area (Å²) in [4.78, 5) is 14.9. The van der Waals surface area contributed by atoms with Gasteiger partial charge in [-0.25, -0.2) is 19.2 Å². The van der Waals surface area contributed by atoms with E-state index in [0.717, 1.165) is 31.6 Å². The maximum absolute atomic E-state index is 14.1. The predicted molar refractivity (Wildman–Crippen MR) is 141 cm³/mol. The number of likely N-dealkylation sites (tertiary alicyclic amines) is 1. The standard InChI is InChI=1S/C28H25ClF3N5O2/c1-33-20-13-23-27(24(14-20)39-28(31)32)35-25(36(23)2)15-37-10-8-17(9-11-37)22-4-3-5-26(34-22)38-16-18-6-7-19(29)12-21(18)30/h3-7,12-14,17,28H,8-11,15-16H2,2H3. The second-order valence-corrected chi connectivity index (χ2v) is 9.80. The summed E-state index contributed by atoms with van der Waals surface area (Å²) >= 11 is 5.82. The Hall–Kier alpha value is -3.81. The lowest BCUT2D eigenvalue weighted by atomic mass is 9.93. The number of fused-ring (bicyclic) bond motifs is 1. The molecule has 4 aromatic rings. The fourth-order valence-corrected chi connectivity index (χ4v) is 4.96. The number of rotatable bonds is 8. The monoisotopic (exact) mass is 555 g/mol. The molecule has 1 aliphatic rings. The van der Waals surface area contributed by atoms with Crippen LogP contribution in [-0.4, -0.2) is 39.1 Å². The number of ether oxygens (including phenoxy) is 2. The number of benzene rings is 2. The minimum absolute atomic E-state index is 0.0529. The molecule has 2 aromatic heterocycles. The van der Waals surface area contributed by atoms with Gasteiger partial charge in [0.25, 0.3) is 0 Å². The summed E-state index contributed by atoms with van der Waals surface area (Å²) in [5.74, 6) is 0.860. The first-order valence-corrected chi connectivity index (χ1v) is 12.8. The average molecular weight is 556 g/mol. The molecule has 0 unspecified atom stereocenters. The van der Waals surface area contributed by atoms with Gasteiger partial charge >= 0.3 is 6.61 Å². The number of aromatic nitrogens is 3. The van der Waals surface area contributed by atoms with Crippen molar-refractivity contribution >= 4 is 28.3 Å². The van der Waals surface area contributed by atoms with Crippen molar-refractivity contribution in [2.24, 2.45) is 7.05 Å². The van der Waals surface area contributed by atoms with Crippen molar-refractivity contribution in [1.29, 1.82) is 0 Å². The van der Waals surface area contributed by atoms with Gasteiger partial charge in [0.15, 0.2) is 5.69 Å². The molecule has 1 fully saturated rings. The molecule has 1 aliphatic heterocycles. The van der Waals surface area contributed by atoms with E-state index in [9.17, 15) is 13.2 Å². The number of piperidine rings is 1. The predicted octanol–water partition coefficient (Wildman–Crippen LogP) is 6.87. The summed E-state index contributed by atoms with van der Waals surface area (Å²) in [6.07, 6.45) is 1.74. The highest BCUT2D eigenvalue weighted by molar-refractivity contribution is 6.30. The first-order chi connectivity index (χ1) is 18.8. The molecule has 0 N–H and O–H groups in total. The van der Waals surface area contributed by atoms with Crippen molar-refractivity contribution in [2.45, 2.75) is 38.5 Å². The molecule has 39 heavy (non-hydrogen) atoms. The Balaban J connectivity index is 1.23. The van der Waals surface area contributed by atoms with E-state index >= 15 is 0 Å². The molecule has 0 spiro atoms. The lowest BCUT2D eigenvalue weighted by molar-refractivity contribution is -0.0488. The second-order valence-electron chi connectivity index (χ2n) is 9.36. The highest BCUT2D eigenvalue weighted by atomic mass is 35.5. The van der Waals surface area contributed by atoms with Gasteiger partial charge in [-0.05, 0) is 56.3 Å². The number of alkyl halides is 2. The highest BCUT2D eigenvalue weighted by Crippen LogP contribution is 2.34. The summed E-state index contributed by atoms with van der Waals surface area (Å²) < 4.78 is 52.2. The first-order valence-electron chi connectivity index (χ1n) is 12.4. The smallest absolute Gasteiger partial charge is 0.387 e. The van der Waals surface area contributed by atoms with Crippen LogP contribution >= 0.6 is 11.6 Å². The van der Waals surface area contributed by atoms with Crippen molar-refractivity contribution in [3.63, 3.8) is 0 Å². The van der Waals surface area contributed by atoms with Crippen LogP contribution in [0.25, 0.3) is 15.9 Å². The Bertz CT molecular complexity index is 1530. The number of hydrogen-bond acceptors (Lipinski definition) is 5. The van der Waals surface area contributed by atoms with E-state index in [1.807, 2.05) is 23.7 Å². The molecule has 202 valence electrons. The van der Waals surface area contributed by atoms with Gasteiger partial charge < -0.3 is 14.0 Å². The third-order valence-electron chi connectivity index (χ3n) is 6.88. The number of hydrogen-bond donors (Lipinski definition) is 0. The Morgan fingerprint density at radius 1 is 1.13 bits per heavy atom. The zero-order valence-electron chi connectivity index (χ0n) is 21.1. The van der Waals surface area contributed by atoms with Crippen molar-refractivity contribution < 1.29 is 22.6 Å². The Labute approximate surface area is 228 Å². The van der Waals surface area contributed by atoms with Crippen molar-refractivity contribution in [3.05, 3.63) is 87.9 Å². The number of pyridine rings is 1. The molecule has 1 saturated heterocycles. The van der Waals surface area contributed by atoms with E-state index in [-0.39, 0.29) is 24.0 Å². The van der Waals surface area contributed by atoms with Crippen LogP contribution in [0.5, 0.6) is 11.6 Å². The first kappa shape index (κ1) is 26.8. The molecule has 0 bridgehead atoms. The lowest BCUT2D eigenvalue weighted by Gasteiger charge is -2.31. The van der Waals surface area contributed by atoms with E-state index in [2.05, 4.69) is 24.4 Å². The summed E-state index contributed by atoms with van der Waals surface area (Å²) in [5, 5.41) is 0.332. The highest BCUT2D eigenvalue weighted by Gasteiger charge is 2.24. The summed E-state index contributed by atoms with van der Waals surface area (Å²) in [5.41, 5.74) is 2.43. The number of imidazole rings is 1. The van der Waals surface area contributed by atoms with E-state index in [0.29, 0.717) is 39.9 Å². The van der Waals surface area contributed by atoms with E-state index in [4.69, 9.17) is 22.9 Å². The van der Waals surface area contributed by atoms with Crippen LogP contribution < -0.4 is 9.47 Å². The molecule has 0 radical (unpaired) electrons. The van der Waals surface area contributed by atoms with Gasteiger partial charge in [0, 0.05) is 35.3 Å². The van der Waals surface area contributed by atoms with Crippen LogP contribution in [0.4, 0.5) is 18.9 Å². The lowest BCUT2D eigenvalue weighted by Crippen LogP contribution is -2.33. The Morgan fingerprint density at radius 3 is 2.64 bits per heavy atom. The second kappa shape index (κ2) is 11.5. The van der Waals surface area contributed by atoms with Crippen LogP contribution in [0.3, 0.4) is 0 Å². The van der Waals surface area contributed by atoms with E-state index in [1.165, 1.54) is 12.1 Å². The summed E-state index contributed by atoms with van der Waals surface area (Å²) in [6.45, 7) is 6.44. The molecule has 5 rings (SSSR count). The van der Waals surface area contributed by atoms with Crippen LogP contribution in [0.15, 0.2) is 48.5 Å². The quantitative estimate of drug-likeness (QED) is 0.222. The van der Waals surface area contributed by atoms with Crippen LogP contribution in [0.1, 0.15) is 35.8 Å². The largest absolute Gasteiger partial charge is 0.473 e. The molecule has 3 heterocycles. The van der Waals surface area contributed by atoms with Crippen molar-refractivity contribution in [3.8, 4) is 11.6 Å². The molecule has 0 aliphatic carbocycles. The minimum atomic E-state index is -3.00.